The standard InChI is InChI=1S/C24H29NO4/c1-5-16-25-24(22(27)29-23(2,3)4,17-19-12-8-6-9-13-19)21(26)28-18-20-14-10-7-11-15-20/h5-15,25H,1,16-18H2,2-4H3. The van der Waals surface area contributed by atoms with E-state index in [-0.39, 0.29) is 19.6 Å². The van der Waals surface area contributed by atoms with Gasteiger partial charge in [-0.3, -0.25) is 5.32 Å². The van der Waals surface area contributed by atoms with Gasteiger partial charge in [0.2, 0.25) is 5.54 Å². The Morgan fingerprint density at radius 1 is 0.931 bits per heavy atom. The Morgan fingerprint density at radius 2 is 1.48 bits per heavy atom. The fourth-order valence-corrected chi connectivity index (χ4v) is 2.79. The van der Waals surface area contributed by atoms with Crippen LogP contribution in [0.2, 0.25) is 0 Å². The molecule has 0 aliphatic rings. The molecule has 154 valence electrons. The van der Waals surface area contributed by atoms with E-state index in [0.717, 1.165) is 11.1 Å². The maximum Gasteiger partial charge on any atom is 0.338 e. The van der Waals surface area contributed by atoms with Crippen LogP contribution in [0.5, 0.6) is 0 Å². The van der Waals surface area contributed by atoms with Gasteiger partial charge in [-0.25, -0.2) is 9.59 Å². The molecule has 5 nitrogen and oxygen atoms in total. The number of nitrogens with one attached hydrogen (secondary N) is 1. The molecule has 0 fully saturated rings. The molecule has 1 N–H and O–H groups in total. The third-order valence-electron chi connectivity index (χ3n) is 4.17. The summed E-state index contributed by atoms with van der Waals surface area (Å²) in [6.45, 7) is 9.29. The van der Waals surface area contributed by atoms with Gasteiger partial charge >= 0.3 is 11.9 Å². The van der Waals surface area contributed by atoms with Crippen LogP contribution in [0.25, 0.3) is 0 Å². The van der Waals surface area contributed by atoms with Gasteiger partial charge in [-0.1, -0.05) is 66.7 Å². The molecule has 5 heteroatoms. The highest BCUT2D eigenvalue weighted by molar-refractivity contribution is 6.05. The van der Waals surface area contributed by atoms with E-state index in [1.165, 1.54) is 0 Å². The van der Waals surface area contributed by atoms with E-state index < -0.39 is 23.1 Å². The minimum absolute atomic E-state index is 0.0643. The lowest BCUT2D eigenvalue weighted by atomic mass is 9.90. The molecule has 1 atom stereocenters. The number of carbonyl (C=O) groups excluding carboxylic acids is 2. The van der Waals surface area contributed by atoms with Crippen LogP contribution in [0, 0.1) is 0 Å². The topological polar surface area (TPSA) is 64.6 Å². The van der Waals surface area contributed by atoms with Crippen molar-refractivity contribution in [1.82, 2.24) is 5.32 Å². The van der Waals surface area contributed by atoms with Gasteiger partial charge in [-0.05, 0) is 31.9 Å². The first-order chi connectivity index (χ1) is 13.8. The summed E-state index contributed by atoms with van der Waals surface area (Å²) in [6.07, 6.45) is 1.69. The van der Waals surface area contributed by atoms with Crippen LogP contribution in [0.15, 0.2) is 73.3 Å². The molecule has 0 bridgehead atoms. The van der Waals surface area contributed by atoms with Crippen molar-refractivity contribution in [3.05, 3.63) is 84.4 Å². The van der Waals surface area contributed by atoms with E-state index in [1.807, 2.05) is 60.7 Å². The lowest BCUT2D eigenvalue weighted by Gasteiger charge is -2.33. The van der Waals surface area contributed by atoms with E-state index in [2.05, 4.69) is 11.9 Å². The number of hydrogen-bond acceptors (Lipinski definition) is 5. The number of carbonyl (C=O) groups is 2. The van der Waals surface area contributed by atoms with Gasteiger partial charge < -0.3 is 9.47 Å². The molecule has 29 heavy (non-hydrogen) atoms. The fraction of sp³-hybridized carbons (Fsp3) is 0.333. The van der Waals surface area contributed by atoms with E-state index in [4.69, 9.17) is 9.47 Å². The van der Waals surface area contributed by atoms with Crippen LogP contribution in [-0.2, 0) is 32.1 Å². The number of benzene rings is 2. The third-order valence-corrected chi connectivity index (χ3v) is 4.17. The number of esters is 2. The molecule has 0 heterocycles. The molecule has 0 radical (unpaired) electrons. The van der Waals surface area contributed by atoms with Gasteiger partial charge in [0, 0.05) is 13.0 Å². The Morgan fingerprint density at radius 3 is 2.00 bits per heavy atom. The smallest absolute Gasteiger partial charge is 0.338 e. The van der Waals surface area contributed by atoms with Gasteiger partial charge in [0.15, 0.2) is 0 Å². The minimum Gasteiger partial charge on any atom is -0.459 e. The van der Waals surface area contributed by atoms with Gasteiger partial charge in [0.05, 0.1) is 0 Å². The van der Waals surface area contributed by atoms with Crippen molar-refractivity contribution in [1.29, 1.82) is 0 Å². The Hall–Kier alpha value is -2.92. The summed E-state index contributed by atoms with van der Waals surface area (Å²) >= 11 is 0. The normalized spacial score (nSPS) is 13.2. The molecular weight excluding hydrogens is 366 g/mol. The monoisotopic (exact) mass is 395 g/mol. The van der Waals surface area contributed by atoms with Gasteiger partial charge in [-0.2, -0.15) is 0 Å². The zero-order valence-corrected chi connectivity index (χ0v) is 17.3. The highest BCUT2D eigenvalue weighted by Gasteiger charge is 2.50. The van der Waals surface area contributed by atoms with Crippen molar-refractivity contribution in [2.75, 3.05) is 6.54 Å². The first-order valence-electron chi connectivity index (χ1n) is 9.61. The number of hydrogen-bond donors (Lipinski definition) is 1. The van der Waals surface area contributed by atoms with Gasteiger partial charge in [0.25, 0.3) is 0 Å². The Kier molecular flexibility index (Phi) is 7.74. The quantitative estimate of drug-likeness (QED) is 0.397. The van der Waals surface area contributed by atoms with Crippen LogP contribution in [0.4, 0.5) is 0 Å². The van der Waals surface area contributed by atoms with Crippen molar-refractivity contribution in [2.24, 2.45) is 0 Å². The molecular formula is C24H29NO4. The summed E-state index contributed by atoms with van der Waals surface area (Å²) in [5, 5.41) is 3.02. The molecule has 0 amide bonds. The summed E-state index contributed by atoms with van der Waals surface area (Å²) in [5.74, 6) is -1.35. The molecule has 0 aromatic heterocycles. The SMILES string of the molecule is C=CCNC(Cc1ccccc1)(C(=O)OCc1ccccc1)C(=O)OC(C)(C)C. The molecule has 0 saturated carbocycles. The zero-order valence-electron chi connectivity index (χ0n) is 17.3. The lowest BCUT2D eigenvalue weighted by Crippen LogP contribution is -2.62. The van der Waals surface area contributed by atoms with Crippen molar-refractivity contribution >= 4 is 11.9 Å². The summed E-state index contributed by atoms with van der Waals surface area (Å²) in [6, 6.07) is 18.7. The van der Waals surface area contributed by atoms with E-state index in [9.17, 15) is 9.59 Å². The zero-order chi connectivity index (χ0) is 21.3. The van der Waals surface area contributed by atoms with Gasteiger partial charge in [0.1, 0.15) is 12.2 Å². The van der Waals surface area contributed by atoms with Gasteiger partial charge in [-0.15, -0.1) is 6.58 Å². The van der Waals surface area contributed by atoms with Crippen LogP contribution < -0.4 is 5.32 Å². The minimum atomic E-state index is -1.68. The summed E-state index contributed by atoms with van der Waals surface area (Å²) < 4.78 is 11.2. The maximum atomic E-state index is 13.3. The predicted molar refractivity (Wildman–Crippen MR) is 113 cm³/mol. The molecule has 0 saturated heterocycles. The van der Waals surface area contributed by atoms with Crippen LogP contribution in [-0.4, -0.2) is 29.6 Å². The molecule has 2 rings (SSSR count). The highest BCUT2D eigenvalue weighted by Crippen LogP contribution is 2.22. The third kappa shape index (κ3) is 6.57. The molecule has 0 aliphatic carbocycles. The molecule has 2 aromatic rings. The molecule has 2 aromatic carbocycles. The Bertz CT molecular complexity index is 812. The summed E-state index contributed by atoms with van der Waals surface area (Å²) in [7, 11) is 0. The number of ether oxygens (including phenoxy) is 2. The second-order valence-corrected chi connectivity index (χ2v) is 7.80. The van der Waals surface area contributed by atoms with Crippen molar-refractivity contribution in [3.8, 4) is 0 Å². The maximum absolute atomic E-state index is 13.3. The molecule has 1 unspecified atom stereocenters. The first-order valence-corrected chi connectivity index (χ1v) is 9.61. The van der Waals surface area contributed by atoms with Crippen LogP contribution >= 0.6 is 0 Å². The van der Waals surface area contributed by atoms with E-state index in [0.29, 0.717) is 0 Å². The second-order valence-electron chi connectivity index (χ2n) is 7.80. The number of rotatable bonds is 9. The molecule has 0 aliphatic heterocycles. The average Bonchev–Trinajstić information content (AvgIpc) is 2.69. The van der Waals surface area contributed by atoms with Crippen molar-refractivity contribution in [2.45, 2.75) is 44.9 Å². The largest absolute Gasteiger partial charge is 0.459 e. The van der Waals surface area contributed by atoms with Crippen molar-refractivity contribution in [3.63, 3.8) is 0 Å². The lowest BCUT2D eigenvalue weighted by molar-refractivity contribution is -0.174. The summed E-state index contributed by atoms with van der Waals surface area (Å²) in [5.41, 5.74) is -0.791. The summed E-state index contributed by atoms with van der Waals surface area (Å²) in [4.78, 5) is 26.5. The molecule has 0 spiro atoms. The fourth-order valence-electron chi connectivity index (χ4n) is 2.79. The average molecular weight is 395 g/mol. The predicted octanol–water partition coefficient (Wildman–Crippen LogP) is 3.83. The van der Waals surface area contributed by atoms with Crippen molar-refractivity contribution < 1.29 is 19.1 Å². The van der Waals surface area contributed by atoms with E-state index >= 15 is 0 Å². The Balaban J connectivity index is 2.36. The highest BCUT2D eigenvalue weighted by atomic mass is 16.6. The van der Waals surface area contributed by atoms with Crippen LogP contribution in [0.1, 0.15) is 31.9 Å². The Labute approximate surface area is 172 Å². The van der Waals surface area contributed by atoms with Crippen LogP contribution in [0.3, 0.4) is 0 Å². The second kappa shape index (κ2) is 10.0. The first kappa shape index (κ1) is 22.4. The van der Waals surface area contributed by atoms with E-state index in [1.54, 1.807) is 26.8 Å².